The minimum absolute atomic E-state index is 0.0616. The maximum Gasteiger partial charge on any atom is 0.317 e. The van der Waals surface area contributed by atoms with Crippen LogP contribution in [0, 0.1) is 5.92 Å². The van der Waals surface area contributed by atoms with Gasteiger partial charge in [0.05, 0.1) is 25.9 Å². The molecule has 0 aliphatic rings. The van der Waals surface area contributed by atoms with Gasteiger partial charge in [0.25, 0.3) is 0 Å². The molecular weight excluding hydrogens is 270 g/mol. The molecule has 0 heterocycles. The number of carbonyl (C=O) groups is 1. The molecule has 2 N–H and O–H groups in total. The lowest BCUT2D eigenvalue weighted by molar-refractivity contribution is -0.138. The summed E-state index contributed by atoms with van der Waals surface area (Å²) < 4.78 is 5.47. The fourth-order valence-electron chi connectivity index (χ4n) is 2.15. The molecule has 0 spiro atoms. The Morgan fingerprint density at radius 3 is 2.48 bits per heavy atom. The molecule has 0 aliphatic heterocycles. The molecule has 1 aromatic rings. The molecule has 0 radical (unpaired) electrons. The predicted molar refractivity (Wildman–Crippen MR) is 81.0 cm³/mol. The van der Waals surface area contributed by atoms with Gasteiger partial charge in [-0.25, -0.2) is 0 Å². The first kappa shape index (κ1) is 17.6. The average Bonchev–Trinajstić information content (AvgIpc) is 2.38. The molecule has 0 fully saturated rings. The van der Waals surface area contributed by atoms with Crippen LogP contribution in [0.5, 0.6) is 0 Å². The number of aliphatic hydroxyl groups is 1. The van der Waals surface area contributed by atoms with Crippen molar-refractivity contribution in [1.29, 1.82) is 0 Å². The minimum atomic E-state index is -0.881. The average molecular weight is 295 g/mol. The SMILES string of the molecule is CC(C)CN(CC(=O)O)CC(O)COCc1ccccc1. The molecule has 118 valence electrons. The number of benzene rings is 1. The molecule has 1 unspecified atom stereocenters. The quantitative estimate of drug-likeness (QED) is 0.686. The van der Waals surface area contributed by atoms with Crippen LogP contribution in [0.4, 0.5) is 0 Å². The van der Waals surface area contributed by atoms with Gasteiger partial charge in [0.15, 0.2) is 0 Å². The number of rotatable bonds is 10. The van der Waals surface area contributed by atoms with E-state index in [2.05, 4.69) is 0 Å². The third kappa shape index (κ3) is 8.45. The van der Waals surface area contributed by atoms with Gasteiger partial charge in [-0.15, -0.1) is 0 Å². The van der Waals surface area contributed by atoms with Gasteiger partial charge in [0, 0.05) is 13.1 Å². The topological polar surface area (TPSA) is 70.0 Å². The van der Waals surface area contributed by atoms with E-state index < -0.39 is 12.1 Å². The van der Waals surface area contributed by atoms with Gasteiger partial charge in [0.1, 0.15) is 0 Å². The fourth-order valence-corrected chi connectivity index (χ4v) is 2.15. The number of carboxylic acid groups (broad SMARTS) is 1. The lowest BCUT2D eigenvalue weighted by atomic mass is 10.2. The van der Waals surface area contributed by atoms with Gasteiger partial charge in [-0.05, 0) is 11.5 Å². The second-order valence-corrected chi connectivity index (χ2v) is 5.64. The van der Waals surface area contributed by atoms with Crippen molar-refractivity contribution in [3.8, 4) is 0 Å². The molecular formula is C16H25NO4. The van der Waals surface area contributed by atoms with Crippen molar-refractivity contribution in [2.45, 2.75) is 26.6 Å². The van der Waals surface area contributed by atoms with Crippen LogP contribution in [0.2, 0.25) is 0 Å². The Hall–Kier alpha value is -1.43. The summed E-state index contributed by atoms with van der Waals surface area (Å²) in [7, 11) is 0. The standard InChI is InChI=1S/C16H25NO4/c1-13(2)8-17(10-16(19)20)9-15(18)12-21-11-14-6-4-3-5-7-14/h3-7,13,15,18H,8-12H2,1-2H3,(H,19,20). The predicted octanol–water partition coefficient (Wildman–Crippen LogP) is 1.61. The molecule has 1 aromatic carbocycles. The Bertz CT molecular complexity index is 408. The third-order valence-electron chi connectivity index (χ3n) is 2.87. The van der Waals surface area contributed by atoms with E-state index in [4.69, 9.17) is 9.84 Å². The Labute approximate surface area is 126 Å². The number of nitrogens with zero attached hydrogens (tertiary/aromatic N) is 1. The van der Waals surface area contributed by atoms with Gasteiger partial charge >= 0.3 is 5.97 Å². The summed E-state index contributed by atoms with van der Waals surface area (Å²) in [6.07, 6.45) is -0.688. The van der Waals surface area contributed by atoms with Crippen molar-refractivity contribution in [2.75, 3.05) is 26.2 Å². The lowest BCUT2D eigenvalue weighted by Gasteiger charge is -2.25. The number of hydrogen-bond acceptors (Lipinski definition) is 4. The van der Waals surface area contributed by atoms with E-state index in [9.17, 15) is 9.90 Å². The smallest absolute Gasteiger partial charge is 0.317 e. The second-order valence-electron chi connectivity index (χ2n) is 5.64. The zero-order chi connectivity index (χ0) is 15.7. The van der Waals surface area contributed by atoms with Crippen LogP contribution in [-0.2, 0) is 16.1 Å². The zero-order valence-electron chi connectivity index (χ0n) is 12.7. The van der Waals surface area contributed by atoms with Gasteiger partial charge in [-0.2, -0.15) is 0 Å². The van der Waals surface area contributed by atoms with E-state index in [0.717, 1.165) is 5.56 Å². The molecule has 0 saturated carbocycles. The Balaban J connectivity index is 2.32. The molecule has 0 aliphatic carbocycles. The molecule has 1 rings (SSSR count). The number of carboxylic acids is 1. The molecule has 0 bridgehead atoms. The number of hydrogen-bond donors (Lipinski definition) is 2. The summed E-state index contributed by atoms with van der Waals surface area (Å²) >= 11 is 0. The van der Waals surface area contributed by atoms with Crippen molar-refractivity contribution >= 4 is 5.97 Å². The van der Waals surface area contributed by atoms with Gasteiger partial charge < -0.3 is 14.9 Å². The summed E-state index contributed by atoms with van der Waals surface area (Å²) in [6, 6.07) is 9.73. The highest BCUT2D eigenvalue weighted by Crippen LogP contribution is 2.03. The molecule has 5 nitrogen and oxygen atoms in total. The van der Waals surface area contributed by atoms with E-state index in [1.54, 1.807) is 4.90 Å². The summed E-state index contributed by atoms with van der Waals surface area (Å²) in [5.41, 5.74) is 1.05. The monoisotopic (exact) mass is 295 g/mol. The van der Waals surface area contributed by atoms with E-state index in [1.807, 2.05) is 44.2 Å². The third-order valence-corrected chi connectivity index (χ3v) is 2.87. The highest BCUT2D eigenvalue weighted by Gasteiger charge is 2.16. The van der Waals surface area contributed by atoms with Crippen LogP contribution in [0.3, 0.4) is 0 Å². The molecule has 0 aromatic heterocycles. The highest BCUT2D eigenvalue weighted by atomic mass is 16.5. The van der Waals surface area contributed by atoms with E-state index in [0.29, 0.717) is 25.6 Å². The van der Waals surface area contributed by atoms with Crippen LogP contribution in [0.1, 0.15) is 19.4 Å². The zero-order valence-corrected chi connectivity index (χ0v) is 12.7. The van der Waals surface area contributed by atoms with Gasteiger partial charge in [-0.1, -0.05) is 44.2 Å². The van der Waals surface area contributed by atoms with Crippen molar-refractivity contribution in [3.05, 3.63) is 35.9 Å². The van der Waals surface area contributed by atoms with Crippen LogP contribution in [-0.4, -0.2) is 53.4 Å². The largest absolute Gasteiger partial charge is 0.480 e. The molecule has 5 heteroatoms. The Kier molecular flexibility index (Phi) is 7.97. The Morgan fingerprint density at radius 1 is 1.24 bits per heavy atom. The van der Waals surface area contributed by atoms with Crippen molar-refractivity contribution in [3.63, 3.8) is 0 Å². The summed E-state index contributed by atoms with van der Waals surface area (Å²) in [4.78, 5) is 12.6. The molecule has 21 heavy (non-hydrogen) atoms. The lowest BCUT2D eigenvalue weighted by Crippen LogP contribution is -2.40. The second kappa shape index (κ2) is 9.50. The van der Waals surface area contributed by atoms with Crippen LogP contribution < -0.4 is 0 Å². The first-order valence-electron chi connectivity index (χ1n) is 7.21. The maximum absolute atomic E-state index is 10.8. The molecule has 0 saturated heterocycles. The number of aliphatic hydroxyl groups excluding tert-OH is 1. The first-order chi connectivity index (χ1) is 9.97. The van der Waals surface area contributed by atoms with Crippen LogP contribution in [0.25, 0.3) is 0 Å². The summed E-state index contributed by atoms with van der Waals surface area (Å²) in [5, 5.41) is 18.8. The normalized spacial score (nSPS) is 12.8. The Morgan fingerprint density at radius 2 is 1.90 bits per heavy atom. The first-order valence-corrected chi connectivity index (χ1v) is 7.21. The van der Waals surface area contributed by atoms with E-state index in [1.165, 1.54) is 0 Å². The molecule has 1 atom stereocenters. The van der Waals surface area contributed by atoms with Crippen molar-refractivity contribution < 1.29 is 19.7 Å². The van der Waals surface area contributed by atoms with E-state index in [-0.39, 0.29) is 13.2 Å². The van der Waals surface area contributed by atoms with Crippen molar-refractivity contribution in [2.24, 2.45) is 5.92 Å². The van der Waals surface area contributed by atoms with Crippen molar-refractivity contribution in [1.82, 2.24) is 4.90 Å². The van der Waals surface area contributed by atoms with Gasteiger partial charge in [-0.3, -0.25) is 9.69 Å². The minimum Gasteiger partial charge on any atom is -0.480 e. The van der Waals surface area contributed by atoms with Crippen LogP contribution in [0.15, 0.2) is 30.3 Å². The van der Waals surface area contributed by atoms with E-state index >= 15 is 0 Å². The number of aliphatic carboxylic acids is 1. The number of ether oxygens (including phenoxy) is 1. The maximum atomic E-state index is 10.8. The molecule has 0 amide bonds. The summed E-state index contributed by atoms with van der Waals surface area (Å²) in [5.74, 6) is -0.533. The highest BCUT2D eigenvalue weighted by molar-refractivity contribution is 5.69. The fraction of sp³-hybridized carbons (Fsp3) is 0.562. The van der Waals surface area contributed by atoms with Gasteiger partial charge in [0.2, 0.25) is 0 Å². The van der Waals surface area contributed by atoms with Crippen LogP contribution >= 0.6 is 0 Å². The summed E-state index contributed by atoms with van der Waals surface area (Å²) in [6.45, 7) is 5.57.